The zero-order valence-corrected chi connectivity index (χ0v) is 17.0. The Morgan fingerprint density at radius 3 is 2.27 bits per heavy atom. The Labute approximate surface area is 178 Å². The molecule has 4 N–H and O–H groups in total. The predicted molar refractivity (Wildman–Crippen MR) is 106 cm³/mol. The molecule has 7 nitrogen and oxygen atoms in total. The molecule has 1 aliphatic heterocycles. The highest BCUT2D eigenvalue weighted by Crippen LogP contribution is 2.42. The van der Waals surface area contributed by atoms with Crippen molar-refractivity contribution in [3.8, 4) is 0 Å². The maximum atomic E-state index is 12.3. The molecule has 1 amide bonds. The summed E-state index contributed by atoms with van der Waals surface area (Å²) in [6.45, 7) is 2.12. The van der Waals surface area contributed by atoms with Gasteiger partial charge < -0.3 is 15.7 Å². The lowest BCUT2D eigenvalue weighted by Gasteiger charge is -2.26. The number of aliphatic carboxylic acids is 1. The molecule has 12 heteroatoms. The van der Waals surface area contributed by atoms with Gasteiger partial charge in [-0.25, -0.2) is 4.79 Å². The maximum absolute atomic E-state index is 12.3. The zero-order chi connectivity index (χ0) is 21.9. The highest BCUT2D eigenvalue weighted by atomic mass is 35.5. The molecule has 1 saturated heterocycles. The number of aromatic amines is 1. The number of carbonyl (C=O) groups is 2. The second-order valence-corrected chi connectivity index (χ2v) is 8.51. The molecule has 0 radical (unpaired) electrons. The Kier molecular flexibility index (Phi) is 6.94. The fraction of sp³-hybridized carbons (Fsp3) is 0.389. The Bertz CT molecular complexity index is 912. The van der Waals surface area contributed by atoms with E-state index in [1.54, 1.807) is 0 Å². The van der Waals surface area contributed by atoms with Gasteiger partial charge in [0.25, 0.3) is 5.91 Å². The molecule has 4 rings (SSSR count). The number of thioether (sulfide) groups is 1. The summed E-state index contributed by atoms with van der Waals surface area (Å²) in [5.74, 6) is -2.59. The standard InChI is InChI=1S/C16H17ClN4OS.C2HF3O2/c17-13-14(9-1-2-9)20-21-15(13)16(22)19-10-3-5-11(6-4-10)23-12-7-18-8-12;3-2(4,5)1(6)7/h3-6,9,12,18H,1-2,7-8H2,(H,19,22)(H,20,21);(H,6,7). The Morgan fingerprint density at radius 2 is 1.80 bits per heavy atom. The molecule has 0 unspecified atom stereocenters. The number of carboxylic acids is 1. The fourth-order valence-electron chi connectivity index (χ4n) is 2.48. The van der Waals surface area contributed by atoms with E-state index in [2.05, 4.69) is 20.8 Å². The molecule has 0 spiro atoms. The second kappa shape index (κ2) is 9.27. The smallest absolute Gasteiger partial charge is 0.475 e. The van der Waals surface area contributed by atoms with E-state index in [-0.39, 0.29) is 11.6 Å². The van der Waals surface area contributed by atoms with Gasteiger partial charge in [-0.3, -0.25) is 9.89 Å². The average Bonchev–Trinajstić information content (AvgIpc) is 3.41. The van der Waals surface area contributed by atoms with Gasteiger partial charge in [0.2, 0.25) is 0 Å². The molecule has 2 fully saturated rings. The number of nitrogens with zero attached hydrogens (tertiary/aromatic N) is 1. The van der Waals surface area contributed by atoms with E-state index in [4.69, 9.17) is 21.5 Å². The maximum Gasteiger partial charge on any atom is 0.490 e. The van der Waals surface area contributed by atoms with Crippen LogP contribution >= 0.6 is 23.4 Å². The van der Waals surface area contributed by atoms with Gasteiger partial charge in [0.05, 0.1) is 10.7 Å². The van der Waals surface area contributed by atoms with Crippen LogP contribution in [0.3, 0.4) is 0 Å². The summed E-state index contributed by atoms with van der Waals surface area (Å²) in [5, 5.41) is 21.3. The van der Waals surface area contributed by atoms with Crippen LogP contribution in [0, 0.1) is 0 Å². The fourth-order valence-corrected chi connectivity index (χ4v) is 3.89. The first-order chi connectivity index (χ1) is 14.1. The first-order valence-electron chi connectivity index (χ1n) is 8.97. The third-order valence-electron chi connectivity index (χ3n) is 4.33. The van der Waals surface area contributed by atoms with E-state index in [9.17, 15) is 18.0 Å². The highest BCUT2D eigenvalue weighted by Gasteiger charge is 2.38. The van der Waals surface area contributed by atoms with Crippen LogP contribution in [0.2, 0.25) is 5.02 Å². The van der Waals surface area contributed by atoms with Crippen molar-refractivity contribution in [2.24, 2.45) is 0 Å². The lowest BCUT2D eigenvalue weighted by atomic mass is 10.2. The van der Waals surface area contributed by atoms with Crippen LogP contribution in [-0.2, 0) is 4.79 Å². The predicted octanol–water partition coefficient (Wildman–Crippen LogP) is 3.89. The molecular weight excluding hydrogens is 445 g/mol. The van der Waals surface area contributed by atoms with Crippen LogP contribution in [-0.4, -0.2) is 51.7 Å². The van der Waals surface area contributed by atoms with Crippen molar-refractivity contribution < 1.29 is 27.9 Å². The van der Waals surface area contributed by atoms with Gasteiger partial charge in [-0.2, -0.15) is 18.3 Å². The van der Waals surface area contributed by atoms with Crippen LogP contribution in [0.5, 0.6) is 0 Å². The number of benzene rings is 1. The van der Waals surface area contributed by atoms with Gasteiger partial charge in [-0.15, -0.1) is 11.8 Å². The Morgan fingerprint density at radius 1 is 1.20 bits per heavy atom. The van der Waals surface area contributed by atoms with Gasteiger partial charge in [0, 0.05) is 34.8 Å². The zero-order valence-electron chi connectivity index (χ0n) is 15.4. The molecule has 0 bridgehead atoms. The largest absolute Gasteiger partial charge is 0.490 e. The van der Waals surface area contributed by atoms with Gasteiger partial charge in [0.15, 0.2) is 5.69 Å². The first-order valence-corrected chi connectivity index (χ1v) is 10.2. The molecule has 30 heavy (non-hydrogen) atoms. The number of H-pyrrole nitrogens is 1. The first kappa shape index (κ1) is 22.4. The van der Waals surface area contributed by atoms with E-state index in [0.29, 0.717) is 16.2 Å². The highest BCUT2D eigenvalue weighted by molar-refractivity contribution is 8.00. The number of carbonyl (C=O) groups excluding carboxylic acids is 1. The van der Waals surface area contributed by atoms with Crippen LogP contribution in [0.25, 0.3) is 0 Å². The van der Waals surface area contributed by atoms with Crippen molar-refractivity contribution in [2.75, 3.05) is 18.4 Å². The van der Waals surface area contributed by atoms with Crippen molar-refractivity contribution in [2.45, 2.75) is 35.1 Å². The van der Waals surface area contributed by atoms with E-state index in [0.717, 1.165) is 37.3 Å². The molecule has 1 aromatic carbocycles. The molecule has 1 saturated carbocycles. The van der Waals surface area contributed by atoms with Crippen LogP contribution in [0.1, 0.15) is 34.9 Å². The van der Waals surface area contributed by atoms with E-state index >= 15 is 0 Å². The summed E-state index contributed by atoms with van der Waals surface area (Å²) >= 11 is 8.12. The number of aromatic nitrogens is 2. The summed E-state index contributed by atoms with van der Waals surface area (Å²) in [6.07, 6.45) is -2.86. The number of rotatable bonds is 5. The summed E-state index contributed by atoms with van der Waals surface area (Å²) in [7, 11) is 0. The average molecular weight is 463 g/mol. The number of carboxylic acid groups (broad SMARTS) is 1. The number of hydrogen-bond donors (Lipinski definition) is 4. The summed E-state index contributed by atoms with van der Waals surface area (Å²) < 4.78 is 31.7. The van der Waals surface area contributed by atoms with Crippen molar-refractivity contribution in [1.82, 2.24) is 15.5 Å². The van der Waals surface area contributed by atoms with Crippen molar-refractivity contribution in [3.05, 3.63) is 40.7 Å². The third kappa shape index (κ3) is 5.89. The Balaban J connectivity index is 0.000000318. The number of amides is 1. The minimum Gasteiger partial charge on any atom is -0.475 e. The minimum absolute atomic E-state index is 0.271. The molecule has 0 atom stereocenters. The lowest BCUT2D eigenvalue weighted by molar-refractivity contribution is -0.192. The molecule has 162 valence electrons. The van der Waals surface area contributed by atoms with Gasteiger partial charge in [0.1, 0.15) is 0 Å². The number of hydrogen-bond acceptors (Lipinski definition) is 5. The van der Waals surface area contributed by atoms with Gasteiger partial charge in [-0.1, -0.05) is 11.6 Å². The molecular formula is C18H18ClF3N4O3S. The topological polar surface area (TPSA) is 107 Å². The quantitative estimate of drug-likeness (QED) is 0.537. The van der Waals surface area contributed by atoms with Gasteiger partial charge >= 0.3 is 12.1 Å². The Hall–Kier alpha value is -2.24. The second-order valence-electron chi connectivity index (χ2n) is 6.75. The van der Waals surface area contributed by atoms with Crippen molar-refractivity contribution in [3.63, 3.8) is 0 Å². The molecule has 2 heterocycles. The normalized spacial score (nSPS) is 16.3. The van der Waals surface area contributed by atoms with Crippen LogP contribution in [0.15, 0.2) is 29.2 Å². The van der Waals surface area contributed by atoms with E-state index < -0.39 is 12.1 Å². The lowest BCUT2D eigenvalue weighted by Crippen LogP contribution is -2.44. The monoisotopic (exact) mass is 462 g/mol. The summed E-state index contributed by atoms with van der Waals surface area (Å²) in [5.41, 5.74) is 1.91. The van der Waals surface area contributed by atoms with E-state index in [1.165, 1.54) is 4.90 Å². The van der Waals surface area contributed by atoms with E-state index in [1.807, 2.05) is 36.0 Å². The number of anilines is 1. The van der Waals surface area contributed by atoms with Crippen molar-refractivity contribution in [1.29, 1.82) is 0 Å². The summed E-state index contributed by atoms with van der Waals surface area (Å²) in [4.78, 5) is 22.4. The van der Waals surface area contributed by atoms with Gasteiger partial charge in [-0.05, 0) is 37.1 Å². The number of halogens is 4. The molecule has 1 aliphatic carbocycles. The minimum atomic E-state index is -5.08. The number of alkyl halides is 3. The molecule has 2 aliphatic rings. The number of nitrogens with one attached hydrogen (secondary N) is 3. The van der Waals surface area contributed by atoms with Crippen molar-refractivity contribution >= 4 is 40.9 Å². The van der Waals surface area contributed by atoms with Crippen LogP contribution in [0.4, 0.5) is 18.9 Å². The SMILES string of the molecule is O=C(Nc1ccc(SC2CNC2)cc1)c1n[nH]c(C2CC2)c1Cl.O=C(O)C(F)(F)F. The molecule has 1 aromatic heterocycles. The van der Waals surface area contributed by atoms with Crippen LogP contribution < -0.4 is 10.6 Å². The third-order valence-corrected chi connectivity index (χ3v) is 5.93. The molecule has 2 aromatic rings. The summed E-state index contributed by atoms with van der Waals surface area (Å²) in [6, 6.07) is 7.88.